The molecule has 1 aromatic carbocycles. The number of benzene rings is 1. The van der Waals surface area contributed by atoms with E-state index in [1.807, 2.05) is 18.2 Å². The van der Waals surface area contributed by atoms with Crippen LogP contribution in [0.1, 0.15) is 25.8 Å². The first-order chi connectivity index (χ1) is 9.42. The highest BCUT2D eigenvalue weighted by Gasteiger charge is 2.60. The number of hydrogen-bond acceptors (Lipinski definition) is 3. The minimum absolute atomic E-state index is 0.00500. The minimum Gasteiger partial charge on any atom is -0.369 e. The van der Waals surface area contributed by atoms with Crippen LogP contribution in [-0.4, -0.2) is 18.1 Å². The fourth-order valence-electron chi connectivity index (χ4n) is 3.77. The molecule has 1 amide bonds. The molecule has 0 unspecified atom stereocenters. The van der Waals surface area contributed by atoms with Gasteiger partial charge >= 0.3 is 0 Å². The molecular formula is C16H21N3O. The number of para-hydroxylation sites is 1. The number of primary amides is 1. The Bertz CT molecular complexity index is 581. The summed E-state index contributed by atoms with van der Waals surface area (Å²) in [4.78, 5) is 11.6. The summed E-state index contributed by atoms with van der Waals surface area (Å²) in [6.45, 7) is 8.34. The van der Waals surface area contributed by atoms with Gasteiger partial charge in [0.1, 0.15) is 0 Å². The summed E-state index contributed by atoms with van der Waals surface area (Å²) in [7, 11) is 0. The van der Waals surface area contributed by atoms with Gasteiger partial charge in [0.2, 0.25) is 5.91 Å². The van der Waals surface area contributed by atoms with E-state index in [-0.39, 0.29) is 28.9 Å². The van der Waals surface area contributed by atoms with Gasteiger partial charge < -0.3 is 11.1 Å². The zero-order valence-corrected chi connectivity index (χ0v) is 11.9. The average Bonchev–Trinajstić information content (AvgIpc) is 2.93. The largest absolute Gasteiger partial charge is 0.369 e. The van der Waals surface area contributed by atoms with E-state index in [9.17, 15) is 4.79 Å². The Morgan fingerprint density at radius 2 is 2.20 bits per heavy atom. The van der Waals surface area contributed by atoms with Gasteiger partial charge in [-0.25, -0.2) is 0 Å². The summed E-state index contributed by atoms with van der Waals surface area (Å²) in [5.74, 6) is -0.294. The lowest BCUT2D eigenvalue weighted by Gasteiger charge is -2.42. The topological polar surface area (TPSA) is 67.2 Å². The number of carbonyl (C=O) groups excluding carboxylic acids is 1. The van der Waals surface area contributed by atoms with E-state index in [4.69, 9.17) is 5.73 Å². The first kappa shape index (κ1) is 13.2. The molecule has 0 spiro atoms. The molecule has 2 heterocycles. The number of fused-ring (bicyclic) bond motifs is 3. The Kier molecular flexibility index (Phi) is 2.70. The average molecular weight is 271 g/mol. The van der Waals surface area contributed by atoms with Crippen LogP contribution in [0.2, 0.25) is 0 Å². The third-order valence-corrected chi connectivity index (χ3v) is 5.10. The second kappa shape index (κ2) is 4.09. The van der Waals surface area contributed by atoms with Crippen LogP contribution in [0.3, 0.4) is 0 Å². The maximum Gasteiger partial charge on any atom is 0.234 e. The molecule has 0 aliphatic carbocycles. The maximum atomic E-state index is 11.6. The molecule has 106 valence electrons. The van der Waals surface area contributed by atoms with E-state index < -0.39 is 0 Å². The fourth-order valence-corrected chi connectivity index (χ4v) is 3.77. The number of hydrogen-bond donors (Lipinski definition) is 3. The normalized spacial score (nSPS) is 31.3. The number of carbonyl (C=O) groups is 1. The summed E-state index contributed by atoms with van der Waals surface area (Å²) in [6.07, 6.45) is 2.68. The molecule has 4 N–H and O–H groups in total. The standard InChI is InChI=1S/C16H21N3O/c1-4-15(2,3)16-9-12(13(17)20)19-14(16)18-11-8-6-5-7-10(11)16/h4-8,12,14,18-19H,1,9H2,2-3H3,(H2,17,20)/t12-,14-,16+/m0/s1. The monoisotopic (exact) mass is 271 g/mol. The van der Waals surface area contributed by atoms with Crippen molar-refractivity contribution in [2.45, 2.75) is 37.9 Å². The third-order valence-electron chi connectivity index (χ3n) is 5.10. The highest BCUT2D eigenvalue weighted by atomic mass is 16.1. The number of nitrogens with two attached hydrogens (primary N) is 1. The molecule has 0 saturated carbocycles. The minimum atomic E-state index is -0.305. The molecule has 3 rings (SSSR count). The van der Waals surface area contributed by atoms with Crippen molar-refractivity contribution in [1.29, 1.82) is 0 Å². The van der Waals surface area contributed by atoms with Crippen molar-refractivity contribution < 1.29 is 4.79 Å². The van der Waals surface area contributed by atoms with Crippen LogP contribution in [-0.2, 0) is 10.2 Å². The van der Waals surface area contributed by atoms with Gasteiger partial charge in [0, 0.05) is 11.1 Å². The van der Waals surface area contributed by atoms with Crippen molar-refractivity contribution in [2.75, 3.05) is 5.32 Å². The maximum absolute atomic E-state index is 11.6. The van der Waals surface area contributed by atoms with Crippen molar-refractivity contribution in [3.05, 3.63) is 42.5 Å². The molecule has 0 aromatic heterocycles. The van der Waals surface area contributed by atoms with Gasteiger partial charge in [-0.05, 0) is 23.5 Å². The zero-order valence-electron chi connectivity index (χ0n) is 11.9. The molecule has 4 heteroatoms. The van der Waals surface area contributed by atoms with E-state index in [2.05, 4.69) is 43.2 Å². The van der Waals surface area contributed by atoms with Crippen LogP contribution < -0.4 is 16.4 Å². The van der Waals surface area contributed by atoms with Gasteiger partial charge in [0.05, 0.1) is 12.2 Å². The molecule has 1 saturated heterocycles. The first-order valence-electron chi connectivity index (χ1n) is 6.97. The molecule has 0 radical (unpaired) electrons. The molecule has 20 heavy (non-hydrogen) atoms. The van der Waals surface area contributed by atoms with Gasteiger partial charge in [-0.2, -0.15) is 0 Å². The van der Waals surface area contributed by atoms with E-state index in [1.54, 1.807) is 0 Å². The van der Waals surface area contributed by atoms with Gasteiger partial charge in [-0.1, -0.05) is 38.1 Å². The fraction of sp³-hybridized carbons (Fsp3) is 0.438. The van der Waals surface area contributed by atoms with Crippen molar-refractivity contribution in [3.8, 4) is 0 Å². The number of anilines is 1. The summed E-state index contributed by atoms with van der Waals surface area (Å²) in [5.41, 5.74) is 7.52. The van der Waals surface area contributed by atoms with Crippen LogP contribution in [0.5, 0.6) is 0 Å². The van der Waals surface area contributed by atoms with Crippen LogP contribution in [0.4, 0.5) is 5.69 Å². The highest BCUT2D eigenvalue weighted by molar-refractivity contribution is 5.82. The molecule has 1 fully saturated rings. The molecule has 0 bridgehead atoms. The number of nitrogens with one attached hydrogen (secondary N) is 2. The van der Waals surface area contributed by atoms with Gasteiger partial charge in [-0.3, -0.25) is 10.1 Å². The van der Waals surface area contributed by atoms with E-state index in [1.165, 1.54) is 5.56 Å². The van der Waals surface area contributed by atoms with Crippen molar-refractivity contribution in [1.82, 2.24) is 5.32 Å². The lowest BCUT2D eigenvalue weighted by atomic mass is 9.60. The predicted octanol–water partition coefficient (Wildman–Crippen LogP) is 1.74. The van der Waals surface area contributed by atoms with Crippen LogP contribution in [0.15, 0.2) is 36.9 Å². The quantitative estimate of drug-likeness (QED) is 0.734. The SMILES string of the molecule is C=CC(C)(C)[C@@]12C[C@@H](C(N)=O)N[C@@H]1Nc1ccccc12. The van der Waals surface area contributed by atoms with E-state index in [0.717, 1.165) is 5.69 Å². The second-order valence-electron chi connectivity index (χ2n) is 6.35. The van der Waals surface area contributed by atoms with Crippen molar-refractivity contribution >= 4 is 11.6 Å². The summed E-state index contributed by atoms with van der Waals surface area (Å²) < 4.78 is 0. The summed E-state index contributed by atoms with van der Waals surface area (Å²) >= 11 is 0. The Balaban J connectivity index is 2.17. The van der Waals surface area contributed by atoms with Gasteiger partial charge in [-0.15, -0.1) is 6.58 Å². The Labute approximate surface area is 119 Å². The first-order valence-corrected chi connectivity index (χ1v) is 6.97. The van der Waals surface area contributed by atoms with Crippen LogP contribution in [0, 0.1) is 5.41 Å². The summed E-state index contributed by atoms with van der Waals surface area (Å²) in [6, 6.07) is 7.97. The van der Waals surface area contributed by atoms with Gasteiger partial charge in [0.25, 0.3) is 0 Å². The van der Waals surface area contributed by atoms with E-state index in [0.29, 0.717) is 6.42 Å². The number of allylic oxidation sites excluding steroid dienone is 1. The molecule has 1 aromatic rings. The van der Waals surface area contributed by atoms with Crippen molar-refractivity contribution in [2.24, 2.45) is 11.1 Å². The lowest BCUT2D eigenvalue weighted by molar-refractivity contribution is -0.119. The predicted molar refractivity (Wildman–Crippen MR) is 80.2 cm³/mol. The molecule has 4 nitrogen and oxygen atoms in total. The molecular weight excluding hydrogens is 250 g/mol. The Morgan fingerprint density at radius 1 is 1.50 bits per heavy atom. The van der Waals surface area contributed by atoms with Gasteiger partial charge in [0.15, 0.2) is 0 Å². The smallest absolute Gasteiger partial charge is 0.234 e. The second-order valence-corrected chi connectivity index (χ2v) is 6.35. The molecule has 2 aliphatic rings. The Hall–Kier alpha value is -1.81. The zero-order chi connectivity index (χ0) is 14.5. The lowest BCUT2D eigenvalue weighted by Crippen LogP contribution is -2.49. The van der Waals surface area contributed by atoms with E-state index >= 15 is 0 Å². The van der Waals surface area contributed by atoms with Crippen LogP contribution in [0.25, 0.3) is 0 Å². The molecule has 3 atom stereocenters. The summed E-state index contributed by atoms with van der Waals surface area (Å²) in [5, 5.41) is 6.84. The third kappa shape index (κ3) is 1.48. The van der Waals surface area contributed by atoms with Crippen molar-refractivity contribution in [3.63, 3.8) is 0 Å². The Morgan fingerprint density at radius 3 is 2.85 bits per heavy atom. The number of rotatable bonds is 3. The highest BCUT2D eigenvalue weighted by Crippen LogP contribution is 2.56. The number of amides is 1. The van der Waals surface area contributed by atoms with Crippen LogP contribution >= 0.6 is 0 Å². The molecule has 2 aliphatic heterocycles.